The molecule has 0 saturated carbocycles. The molecule has 1 atom stereocenters. The summed E-state index contributed by atoms with van der Waals surface area (Å²) in [5, 5.41) is 3.16. The minimum absolute atomic E-state index is 0.00979. The Morgan fingerprint density at radius 3 is 2.81 bits per heavy atom. The predicted octanol–water partition coefficient (Wildman–Crippen LogP) is 2.06. The van der Waals surface area contributed by atoms with Crippen LogP contribution >= 0.6 is 0 Å². The summed E-state index contributed by atoms with van der Waals surface area (Å²) >= 11 is 0. The van der Waals surface area contributed by atoms with Crippen molar-refractivity contribution in [3.8, 4) is 0 Å². The smallest absolute Gasteiger partial charge is 0.254 e. The van der Waals surface area contributed by atoms with E-state index in [1.54, 1.807) is 24.9 Å². The van der Waals surface area contributed by atoms with Crippen LogP contribution in [-0.4, -0.2) is 50.4 Å². The van der Waals surface area contributed by atoms with E-state index in [1.807, 2.05) is 36.4 Å². The standard InChI is InChI=1S/C22H24N6O3/c1-14-16(22(30)25-15(2)24-14)12-21(29)28-10-11-31-18(13-28)17-6-5-8-20(26-17)27-19-7-3-4-9-23-19/h3-9,18H,10-13H2,1-2H3,(H,23,26,27)(H,24,25,30)/t18-/m0/s1. The molecule has 3 aromatic heterocycles. The second-order valence-electron chi connectivity index (χ2n) is 7.38. The van der Waals surface area contributed by atoms with Gasteiger partial charge in [-0.05, 0) is 38.1 Å². The summed E-state index contributed by atoms with van der Waals surface area (Å²) in [4.78, 5) is 42.6. The van der Waals surface area contributed by atoms with Gasteiger partial charge in [-0.15, -0.1) is 0 Å². The van der Waals surface area contributed by atoms with Gasteiger partial charge in [0.15, 0.2) is 0 Å². The molecule has 0 aromatic carbocycles. The van der Waals surface area contributed by atoms with Crippen molar-refractivity contribution in [2.24, 2.45) is 0 Å². The van der Waals surface area contributed by atoms with Crippen LogP contribution in [0.25, 0.3) is 0 Å². The minimum atomic E-state index is -0.348. The van der Waals surface area contributed by atoms with Gasteiger partial charge in [0.05, 0.1) is 25.3 Å². The number of carbonyl (C=O) groups is 1. The first kappa shape index (κ1) is 20.7. The largest absolute Gasteiger partial charge is 0.368 e. The number of rotatable bonds is 5. The summed E-state index contributed by atoms with van der Waals surface area (Å²) < 4.78 is 5.88. The number of anilines is 2. The van der Waals surface area contributed by atoms with Crippen molar-refractivity contribution in [1.82, 2.24) is 24.8 Å². The van der Waals surface area contributed by atoms with Crippen molar-refractivity contribution < 1.29 is 9.53 Å². The maximum atomic E-state index is 12.9. The lowest BCUT2D eigenvalue weighted by Crippen LogP contribution is -2.43. The van der Waals surface area contributed by atoms with E-state index in [1.165, 1.54) is 0 Å². The second-order valence-corrected chi connectivity index (χ2v) is 7.38. The monoisotopic (exact) mass is 420 g/mol. The average Bonchev–Trinajstić information content (AvgIpc) is 2.77. The topological polar surface area (TPSA) is 113 Å². The molecule has 1 aliphatic rings. The first-order valence-electron chi connectivity index (χ1n) is 10.1. The molecule has 0 unspecified atom stereocenters. The molecule has 0 radical (unpaired) electrons. The SMILES string of the molecule is Cc1nc(C)c(CC(=O)N2CCO[C@H](c3cccc(Nc4ccccn4)n3)C2)c(=O)[nH]1. The molecule has 4 heterocycles. The molecular weight excluding hydrogens is 396 g/mol. The number of nitrogens with one attached hydrogen (secondary N) is 2. The number of morpholine rings is 1. The summed E-state index contributed by atoms with van der Waals surface area (Å²) in [7, 11) is 0. The Balaban J connectivity index is 1.46. The number of nitrogens with zero attached hydrogens (tertiary/aromatic N) is 4. The van der Waals surface area contributed by atoms with Gasteiger partial charge in [-0.25, -0.2) is 15.0 Å². The number of amides is 1. The third kappa shape index (κ3) is 4.95. The summed E-state index contributed by atoms with van der Waals surface area (Å²) in [6.07, 6.45) is 1.37. The van der Waals surface area contributed by atoms with Gasteiger partial charge in [-0.3, -0.25) is 9.59 Å². The molecular formula is C22H24N6O3. The third-order valence-electron chi connectivity index (χ3n) is 5.11. The highest BCUT2D eigenvalue weighted by molar-refractivity contribution is 5.79. The van der Waals surface area contributed by atoms with Gasteiger partial charge in [-0.2, -0.15) is 0 Å². The molecule has 31 heavy (non-hydrogen) atoms. The Bertz CT molecular complexity index is 1130. The lowest BCUT2D eigenvalue weighted by molar-refractivity contribution is -0.138. The van der Waals surface area contributed by atoms with Gasteiger partial charge in [0.25, 0.3) is 5.56 Å². The first-order chi connectivity index (χ1) is 15.0. The summed E-state index contributed by atoms with van der Waals surface area (Å²) in [6, 6.07) is 11.2. The van der Waals surface area contributed by atoms with Crippen molar-refractivity contribution in [2.75, 3.05) is 25.0 Å². The van der Waals surface area contributed by atoms with Crippen LogP contribution in [0.15, 0.2) is 47.4 Å². The average molecular weight is 420 g/mol. The fourth-order valence-corrected chi connectivity index (χ4v) is 3.55. The van der Waals surface area contributed by atoms with E-state index in [2.05, 4.69) is 25.3 Å². The van der Waals surface area contributed by atoms with Crippen LogP contribution in [-0.2, 0) is 16.0 Å². The van der Waals surface area contributed by atoms with Crippen LogP contribution in [0, 0.1) is 13.8 Å². The van der Waals surface area contributed by atoms with Gasteiger partial charge < -0.3 is 19.9 Å². The lowest BCUT2D eigenvalue weighted by atomic mass is 10.1. The van der Waals surface area contributed by atoms with Crippen molar-refractivity contribution in [3.05, 3.63) is 75.7 Å². The number of hydrogen-bond donors (Lipinski definition) is 2. The van der Waals surface area contributed by atoms with E-state index >= 15 is 0 Å². The van der Waals surface area contributed by atoms with Crippen LogP contribution in [0.5, 0.6) is 0 Å². The number of hydrogen-bond acceptors (Lipinski definition) is 7. The normalized spacial score (nSPS) is 16.2. The zero-order valence-electron chi connectivity index (χ0n) is 17.5. The first-order valence-corrected chi connectivity index (χ1v) is 10.1. The van der Waals surface area contributed by atoms with Crippen molar-refractivity contribution >= 4 is 17.5 Å². The van der Waals surface area contributed by atoms with Crippen LogP contribution in [0.3, 0.4) is 0 Å². The van der Waals surface area contributed by atoms with E-state index < -0.39 is 0 Å². The van der Waals surface area contributed by atoms with E-state index in [4.69, 9.17) is 4.74 Å². The highest BCUT2D eigenvalue weighted by atomic mass is 16.5. The van der Waals surface area contributed by atoms with E-state index in [0.29, 0.717) is 48.4 Å². The summed E-state index contributed by atoms with van der Waals surface area (Å²) in [6.45, 7) is 4.71. The van der Waals surface area contributed by atoms with Gasteiger partial charge in [0.2, 0.25) is 5.91 Å². The maximum Gasteiger partial charge on any atom is 0.254 e. The Morgan fingerprint density at radius 1 is 1.19 bits per heavy atom. The van der Waals surface area contributed by atoms with Crippen LogP contribution in [0.2, 0.25) is 0 Å². The molecule has 1 saturated heterocycles. The molecule has 9 nitrogen and oxygen atoms in total. The number of aryl methyl sites for hydroxylation is 2. The highest BCUT2D eigenvalue weighted by Gasteiger charge is 2.27. The van der Waals surface area contributed by atoms with E-state index in [9.17, 15) is 9.59 Å². The molecule has 0 aliphatic carbocycles. The third-order valence-corrected chi connectivity index (χ3v) is 5.11. The highest BCUT2D eigenvalue weighted by Crippen LogP contribution is 2.23. The quantitative estimate of drug-likeness (QED) is 0.650. The Kier molecular flexibility index (Phi) is 6.03. The fraction of sp³-hybridized carbons (Fsp3) is 0.318. The number of H-pyrrole nitrogens is 1. The number of aromatic amines is 1. The Labute approximate surface area is 179 Å². The van der Waals surface area contributed by atoms with Crippen LogP contribution < -0.4 is 10.9 Å². The molecule has 2 N–H and O–H groups in total. The van der Waals surface area contributed by atoms with Crippen molar-refractivity contribution in [1.29, 1.82) is 0 Å². The Hall–Kier alpha value is -3.59. The fourth-order valence-electron chi connectivity index (χ4n) is 3.55. The number of aromatic nitrogens is 4. The molecule has 0 spiro atoms. The summed E-state index contributed by atoms with van der Waals surface area (Å²) in [5.41, 5.74) is 1.44. The van der Waals surface area contributed by atoms with Gasteiger partial charge in [-0.1, -0.05) is 12.1 Å². The van der Waals surface area contributed by atoms with Gasteiger partial charge in [0, 0.05) is 24.0 Å². The molecule has 1 fully saturated rings. The lowest BCUT2D eigenvalue weighted by Gasteiger charge is -2.33. The molecule has 0 bridgehead atoms. The Morgan fingerprint density at radius 2 is 2.03 bits per heavy atom. The number of carbonyl (C=O) groups excluding carboxylic acids is 1. The molecule has 1 amide bonds. The molecule has 4 rings (SSSR count). The second kappa shape index (κ2) is 9.05. The molecule has 160 valence electrons. The molecule has 3 aromatic rings. The predicted molar refractivity (Wildman–Crippen MR) is 115 cm³/mol. The van der Waals surface area contributed by atoms with Gasteiger partial charge >= 0.3 is 0 Å². The minimum Gasteiger partial charge on any atom is -0.368 e. The van der Waals surface area contributed by atoms with E-state index in [-0.39, 0.29) is 24.0 Å². The zero-order chi connectivity index (χ0) is 21.8. The maximum absolute atomic E-state index is 12.9. The van der Waals surface area contributed by atoms with Crippen molar-refractivity contribution in [3.63, 3.8) is 0 Å². The number of ether oxygens (including phenoxy) is 1. The van der Waals surface area contributed by atoms with E-state index in [0.717, 1.165) is 5.69 Å². The molecule has 9 heteroatoms. The number of pyridine rings is 2. The zero-order valence-corrected chi connectivity index (χ0v) is 17.5. The van der Waals surface area contributed by atoms with Crippen LogP contribution in [0.4, 0.5) is 11.6 Å². The van der Waals surface area contributed by atoms with Crippen LogP contribution in [0.1, 0.15) is 28.9 Å². The van der Waals surface area contributed by atoms with Gasteiger partial charge in [0.1, 0.15) is 23.6 Å². The molecule has 1 aliphatic heterocycles. The van der Waals surface area contributed by atoms with Crippen molar-refractivity contribution in [2.45, 2.75) is 26.4 Å². The summed E-state index contributed by atoms with van der Waals surface area (Å²) in [5.74, 6) is 1.75.